The molecule has 0 spiro atoms. The van der Waals surface area contributed by atoms with E-state index >= 15 is 0 Å². The van der Waals surface area contributed by atoms with Crippen molar-refractivity contribution in [1.82, 2.24) is 9.97 Å². The highest BCUT2D eigenvalue weighted by Crippen LogP contribution is 2.27. The minimum absolute atomic E-state index is 0.129. The number of nitrogens with zero attached hydrogens (tertiary/aromatic N) is 3. The third-order valence-electron chi connectivity index (χ3n) is 2.87. The lowest BCUT2D eigenvalue weighted by Gasteiger charge is -2.04. The second-order valence-electron chi connectivity index (χ2n) is 4.39. The molecule has 0 aliphatic carbocycles. The minimum Gasteiger partial charge on any atom is -0.258 e. The van der Waals surface area contributed by atoms with Gasteiger partial charge in [-0.3, -0.25) is 4.99 Å². The number of halogens is 4. The van der Waals surface area contributed by atoms with Gasteiger partial charge in [0.25, 0.3) is 6.08 Å². The molecule has 1 aromatic carbocycles. The molecule has 0 saturated carbocycles. The van der Waals surface area contributed by atoms with Gasteiger partial charge in [0.1, 0.15) is 5.69 Å². The highest BCUT2D eigenvalue weighted by atomic mass is 19.3. The molecule has 22 heavy (non-hydrogen) atoms. The summed E-state index contributed by atoms with van der Waals surface area (Å²) in [5, 5.41) is 0. The molecule has 3 nitrogen and oxygen atoms in total. The molecule has 2 aromatic rings. The molecule has 7 heteroatoms. The Balaban J connectivity index is 2.20. The van der Waals surface area contributed by atoms with Crippen molar-refractivity contribution in [2.45, 2.75) is 12.8 Å². The van der Waals surface area contributed by atoms with E-state index in [4.69, 9.17) is 0 Å². The molecule has 0 atom stereocenters. The average Bonchev–Trinajstić information content (AvgIpc) is 2.47. The fourth-order valence-corrected chi connectivity index (χ4v) is 1.83. The summed E-state index contributed by atoms with van der Waals surface area (Å²) in [5.74, 6) is -1.59. The zero-order chi connectivity index (χ0) is 16.1. The van der Waals surface area contributed by atoms with Crippen LogP contribution in [0.4, 0.5) is 23.2 Å². The summed E-state index contributed by atoms with van der Waals surface area (Å²) in [6, 6.07) is 2.12. The Kier molecular flexibility index (Phi) is 4.98. The molecule has 2 rings (SSSR count). The summed E-state index contributed by atoms with van der Waals surface area (Å²) >= 11 is 0. The summed E-state index contributed by atoms with van der Waals surface area (Å²) in [6.45, 7) is 3.09. The van der Waals surface area contributed by atoms with Crippen LogP contribution in [0, 0.1) is 11.6 Å². The molecule has 0 fully saturated rings. The van der Waals surface area contributed by atoms with Gasteiger partial charge in [0.15, 0.2) is 17.5 Å². The van der Waals surface area contributed by atoms with Crippen LogP contribution in [0.5, 0.6) is 0 Å². The van der Waals surface area contributed by atoms with E-state index in [0.29, 0.717) is 12.0 Å². The monoisotopic (exact) mass is 309 g/mol. The third kappa shape index (κ3) is 3.75. The van der Waals surface area contributed by atoms with Gasteiger partial charge in [-0.15, -0.1) is 0 Å². The number of hydrogen-bond acceptors (Lipinski definition) is 3. The molecule has 0 saturated heterocycles. The molecular formula is C15H11F4N3. The molecule has 0 aliphatic heterocycles. The second-order valence-corrected chi connectivity index (χ2v) is 4.39. The Hall–Kier alpha value is -2.57. The van der Waals surface area contributed by atoms with Gasteiger partial charge >= 0.3 is 0 Å². The van der Waals surface area contributed by atoms with Crippen LogP contribution >= 0.6 is 0 Å². The van der Waals surface area contributed by atoms with Crippen molar-refractivity contribution in [2.75, 3.05) is 0 Å². The quantitative estimate of drug-likeness (QED) is 0.604. The molecule has 0 bridgehead atoms. The predicted octanol–water partition coefficient (Wildman–Crippen LogP) is 4.47. The zero-order valence-electron chi connectivity index (χ0n) is 11.4. The summed E-state index contributed by atoms with van der Waals surface area (Å²) < 4.78 is 51.0. The molecule has 114 valence electrons. The summed E-state index contributed by atoms with van der Waals surface area (Å²) in [7, 11) is 0. The molecule has 0 N–H and O–H groups in total. The maximum absolute atomic E-state index is 13.6. The van der Waals surface area contributed by atoms with Crippen molar-refractivity contribution in [3.05, 3.63) is 53.9 Å². The van der Waals surface area contributed by atoms with Gasteiger partial charge in [0.05, 0.1) is 0 Å². The number of benzene rings is 1. The van der Waals surface area contributed by atoms with E-state index < -0.39 is 23.4 Å². The van der Waals surface area contributed by atoms with Crippen LogP contribution in [0.25, 0.3) is 11.4 Å². The third-order valence-corrected chi connectivity index (χ3v) is 2.87. The molecule has 0 aliphatic rings. The van der Waals surface area contributed by atoms with Gasteiger partial charge in [-0.25, -0.2) is 18.7 Å². The SMILES string of the molecule is C=Nc1c(F)cc(-c2ncc(CCC=C(F)F)cn2)cc1F. The lowest BCUT2D eigenvalue weighted by Crippen LogP contribution is -1.94. The van der Waals surface area contributed by atoms with Crippen LogP contribution < -0.4 is 0 Å². The van der Waals surface area contributed by atoms with Crippen LogP contribution in [-0.2, 0) is 6.42 Å². The lowest BCUT2D eigenvalue weighted by atomic mass is 10.1. The Morgan fingerprint density at radius 3 is 2.23 bits per heavy atom. The largest absolute Gasteiger partial charge is 0.266 e. The minimum atomic E-state index is -1.74. The standard InChI is InChI=1S/C15H11F4N3/c1-20-14-11(16)5-10(6-12(14)17)15-21-7-9(8-22-15)3-2-4-13(18)19/h4-8H,1-3H2. The molecule has 0 unspecified atom stereocenters. The number of hydrogen-bond donors (Lipinski definition) is 0. The summed E-state index contributed by atoms with van der Waals surface area (Å²) in [5.41, 5.74) is 0.343. The maximum Gasteiger partial charge on any atom is 0.266 e. The van der Waals surface area contributed by atoms with E-state index in [1.165, 1.54) is 12.4 Å². The fraction of sp³-hybridized carbons (Fsp3) is 0.133. The Bertz CT molecular complexity index is 684. The van der Waals surface area contributed by atoms with Gasteiger partial charge in [-0.05, 0) is 43.3 Å². The van der Waals surface area contributed by atoms with Crippen LogP contribution in [-0.4, -0.2) is 16.7 Å². The first-order valence-electron chi connectivity index (χ1n) is 6.29. The maximum atomic E-state index is 13.6. The van der Waals surface area contributed by atoms with Crippen molar-refractivity contribution < 1.29 is 17.6 Å². The van der Waals surface area contributed by atoms with E-state index in [1.807, 2.05) is 0 Å². The van der Waals surface area contributed by atoms with Crippen molar-refractivity contribution in [1.29, 1.82) is 0 Å². The molecule has 1 heterocycles. The first-order valence-corrected chi connectivity index (χ1v) is 6.29. The van der Waals surface area contributed by atoms with Crippen LogP contribution in [0.1, 0.15) is 12.0 Å². The van der Waals surface area contributed by atoms with Crippen LogP contribution in [0.3, 0.4) is 0 Å². The van der Waals surface area contributed by atoms with E-state index in [-0.39, 0.29) is 17.8 Å². The number of aryl methyl sites for hydroxylation is 1. The fourth-order valence-electron chi connectivity index (χ4n) is 1.83. The highest BCUT2D eigenvalue weighted by Gasteiger charge is 2.12. The zero-order valence-corrected chi connectivity index (χ0v) is 11.4. The van der Waals surface area contributed by atoms with E-state index in [1.54, 1.807) is 0 Å². The van der Waals surface area contributed by atoms with Gasteiger partial charge < -0.3 is 0 Å². The summed E-state index contributed by atoms with van der Waals surface area (Å²) in [6.07, 6.45) is 2.44. The Labute approximate surface area is 124 Å². The average molecular weight is 309 g/mol. The van der Waals surface area contributed by atoms with E-state index in [2.05, 4.69) is 21.7 Å². The second kappa shape index (κ2) is 6.93. The lowest BCUT2D eigenvalue weighted by molar-refractivity contribution is 0.417. The predicted molar refractivity (Wildman–Crippen MR) is 75.2 cm³/mol. The first kappa shape index (κ1) is 15.8. The number of aliphatic imine (C=N–C) groups is 1. The van der Waals surface area contributed by atoms with E-state index in [0.717, 1.165) is 18.2 Å². The topological polar surface area (TPSA) is 38.1 Å². The van der Waals surface area contributed by atoms with E-state index in [9.17, 15) is 17.6 Å². The highest BCUT2D eigenvalue weighted by molar-refractivity contribution is 5.60. The van der Waals surface area contributed by atoms with Crippen molar-refractivity contribution in [3.63, 3.8) is 0 Å². The number of aromatic nitrogens is 2. The number of allylic oxidation sites excluding steroid dienone is 1. The van der Waals surface area contributed by atoms with Gasteiger partial charge in [-0.1, -0.05) is 0 Å². The first-order chi connectivity index (χ1) is 10.5. The molecule has 1 aromatic heterocycles. The van der Waals surface area contributed by atoms with Crippen molar-refractivity contribution in [3.8, 4) is 11.4 Å². The molecular weight excluding hydrogens is 298 g/mol. The smallest absolute Gasteiger partial charge is 0.258 e. The molecule has 0 amide bonds. The number of rotatable bonds is 5. The normalized spacial score (nSPS) is 10.4. The van der Waals surface area contributed by atoms with Crippen LogP contribution in [0.15, 0.2) is 41.7 Å². The summed E-state index contributed by atoms with van der Waals surface area (Å²) in [4.78, 5) is 11.2. The van der Waals surface area contributed by atoms with Crippen molar-refractivity contribution >= 4 is 12.4 Å². The van der Waals surface area contributed by atoms with Crippen molar-refractivity contribution in [2.24, 2.45) is 4.99 Å². The Morgan fingerprint density at radius 1 is 1.14 bits per heavy atom. The Morgan fingerprint density at radius 2 is 1.73 bits per heavy atom. The van der Waals surface area contributed by atoms with Gasteiger partial charge in [0.2, 0.25) is 0 Å². The van der Waals surface area contributed by atoms with Crippen LogP contribution in [0.2, 0.25) is 0 Å². The molecule has 0 radical (unpaired) electrons. The van der Waals surface area contributed by atoms with Gasteiger partial charge in [0, 0.05) is 18.0 Å². The van der Waals surface area contributed by atoms with Gasteiger partial charge in [-0.2, -0.15) is 8.78 Å².